The molecule has 0 radical (unpaired) electrons. The number of amides is 2. The van der Waals surface area contributed by atoms with Crippen molar-refractivity contribution in [1.82, 2.24) is 5.32 Å². The number of carbonyl (C=O) groups excluding carboxylic acids is 2. The number of hydrogen-bond donors (Lipinski definition) is 2. The van der Waals surface area contributed by atoms with E-state index in [1.165, 1.54) is 16.9 Å². The lowest BCUT2D eigenvalue weighted by atomic mass is 9.84. The molecule has 1 aromatic heterocycles. The van der Waals surface area contributed by atoms with Crippen LogP contribution in [-0.4, -0.2) is 18.4 Å². The SMILES string of the molecule is Cc1cc(NC(=O)C(C)(C)C)sc1C(=O)NCC(C)(C)c1ccccc1. The maximum atomic E-state index is 12.6. The normalized spacial score (nSPS) is 11.9. The van der Waals surface area contributed by atoms with Crippen molar-refractivity contribution in [2.24, 2.45) is 5.41 Å². The van der Waals surface area contributed by atoms with E-state index >= 15 is 0 Å². The summed E-state index contributed by atoms with van der Waals surface area (Å²) >= 11 is 1.31. The minimum Gasteiger partial charge on any atom is -0.350 e. The van der Waals surface area contributed by atoms with E-state index in [1.807, 2.05) is 52.0 Å². The van der Waals surface area contributed by atoms with Gasteiger partial charge in [-0.2, -0.15) is 0 Å². The molecule has 0 aliphatic rings. The van der Waals surface area contributed by atoms with Crippen molar-refractivity contribution in [3.63, 3.8) is 0 Å². The van der Waals surface area contributed by atoms with E-state index in [1.54, 1.807) is 0 Å². The lowest BCUT2D eigenvalue weighted by Crippen LogP contribution is -2.36. The number of thiophene rings is 1. The van der Waals surface area contributed by atoms with Crippen molar-refractivity contribution in [2.75, 3.05) is 11.9 Å². The van der Waals surface area contributed by atoms with Crippen LogP contribution in [0.15, 0.2) is 36.4 Å². The average molecular weight is 373 g/mol. The van der Waals surface area contributed by atoms with Gasteiger partial charge >= 0.3 is 0 Å². The Labute approximate surface area is 160 Å². The van der Waals surface area contributed by atoms with Crippen molar-refractivity contribution < 1.29 is 9.59 Å². The molecule has 1 heterocycles. The van der Waals surface area contributed by atoms with Gasteiger partial charge in [-0.05, 0) is 24.1 Å². The van der Waals surface area contributed by atoms with E-state index in [-0.39, 0.29) is 17.2 Å². The molecule has 0 spiro atoms. The molecule has 26 heavy (non-hydrogen) atoms. The number of rotatable bonds is 5. The quantitative estimate of drug-likeness (QED) is 0.796. The van der Waals surface area contributed by atoms with Crippen LogP contribution in [0.3, 0.4) is 0 Å². The predicted molar refractivity (Wildman–Crippen MR) is 109 cm³/mol. The summed E-state index contributed by atoms with van der Waals surface area (Å²) in [5.74, 6) is -0.163. The third kappa shape index (κ3) is 4.94. The summed E-state index contributed by atoms with van der Waals surface area (Å²) in [5.41, 5.74) is 1.42. The van der Waals surface area contributed by atoms with E-state index in [0.29, 0.717) is 16.4 Å². The molecule has 0 aliphatic carbocycles. The first-order chi connectivity index (χ1) is 12.0. The van der Waals surface area contributed by atoms with Crippen LogP contribution in [0.2, 0.25) is 0 Å². The largest absolute Gasteiger partial charge is 0.350 e. The van der Waals surface area contributed by atoms with Crippen LogP contribution in [0.4, 0.5) is 5.00 Å². The number of aryl methyl sites for hydroxylation is 1. The second kappa shape index (κ2) is 7.62. The Kier molecular flexibility index (Phi) is 5.91. The molecule has 0 aliphatic heterocycles. The Hall–Kier alpha value is -2.14. The van der Waals surface area contributed by atoms with Gasteiger partial charge in [-0.1, -0.05) is 65.0 Å². The fourth-order valence-corrected chi connectivity index (χ4v) is 3.43. The highest BCUT2D eigenvalue weighted by Crippen LogP contribution is 2.29. The summed E-state index contributed by atoms with van der Waals surface area (Å²) in [6.07, 6.45) is 0. The Morgan fingerprint density at radius 3 is 2.23 bits per heavy atom. The molecule has 2 N–H and O–H groups in total. The number of nitrogens with one attached hydrogen (secondary N) is 2. The first-order valence-corrected chi connectivity index (χ1v) is 9.58. The highest BCUT2D eigenvalue weighted by atomic mass is 32.1. The maximum absolute atomic E-state index is 12.6. The van der Waals surface area contributed by atoms with Gasteiger partial charge in [0.1, 0.15) is 0 Å². The molecule has 0 bridgehead atoms. The monoisotopic (exact) mass is 372 g/mol. The minimum absolute atomic E-state index is 0.0593. The van der Waals surface area contributed by atoms with E-state index in [9.17, 15) is 9.59 Å². The van der Waals surface area contributed by atoms with Crippen LogP contribution in [0.1, 0.15) is 55.4 Å². The van der Waals surface area contributed by atoms with Crippen LogP contribution in [-0.2, 0) is 10.2 Å². The molecule has 2 aromatic rings. The zero-order valence-electron chi connectivity index (χ0n) is 16.4. The zero-order valence-corrected chi connectivity index (χ0v) is 17.2. The van der Waals surface area contributed by atoms with Gasteiger partial charge in [0, 0.05) is 17.4 Å². The highest BCUT2D eigenvalue weighted by molar-refractivity contribution is 7.18. The first-order valence-electron chi connectivity index (χ1n) is 8.76. The summed E-state index contributed by atoms with van der Waals surface area (Å²) in [5, 5.41) is 6.63. The summed E-state index contributed by atoms with van der Waals surface area (Å²) < 4.78 is 0. The van der Waals surface area contributed by atoms with E-state index in [2.05, 4.69) is 36.6 Å². The van der Waals surface area contributed by atoms with Gasteiger partial charge in [-0.25, -0.2) is 0 Å². The van der Waals surface area contributed by atoms with Gasteiger partial charge in [0.05, 0.1) is 9.88 Å². The predicted octanol–water partition coefficient (Wildman–Crippen LogP) is 4.75. The summed E-state index contributed by atoms with van der Waals surface area (Å²) in [6, 6.07) is 12.0. The van der Waals surface area contributed by atoms with Gasteiger partial charge in [-0.3, -0.25) is 9.59 Å². The van der Waals surface area contributed by atoms with Crippen LogP contribution >= 0.6 is 11.3 Å². The van der Waals surface area contributed by atoms with Crippen LogP contribution in [0.25, 0.3) is 0 Å². The standard InChI is InChI=1S/C21H28N2O2S/c1-14-12-16(23-19(25)20(2,3)4)26-17(14)18(24)22-13-21(5,6)15-10-8-7-9-11-15/h7-12H,13H2,1-6H3,(H,22,24)(H,23,25). The number of anilines is 1. The van der Waals surface area contributed by atoms with Gasteiger partial charge in [-0.15, -0.1) is 11.3 Å². The third-order valence-corrected chi connectivity index (χ3v) is 5.44. The van der Waals surface area contributed by atoms with E-state index in [0.717, 1.165) is 5.56 Å². The molecule has 5 heteroatoms. The summed E-state index contributed by atoms with van der Waals surface area (Å²) in [6.45, 7) is 12.2. The van der Waals surface area contributed by atoms with Crippen LogP contribution < -0.4 is 10.6 Å². The van der Waals surface area contributed by atoms with Gasteiger partial charge < -0.3 is 10.6 Å². The molecule has 140 valence electrons. The Bertz CT molecular complexity index is 786. The topological polar surface area (TPSA) is 58.2 Å². The highest BCUT2D eigenvalue weighted by Gasteiger charge is 2.24. The van der Waals surface area contributed by atoms with Crippen molar-refractivity contribution in [3.05, 3.63) is 52.4 Å². The molecule has 0 atom stereocenters. The molecule has 0 saturated carbocycles. The smallest absolute Gasteiger partial charge is 0.261 e. The molecule has 2 rings (SSSR count). The molecule has 4 nitrogen and oxygen atoms in total. The summed E-state index contributed by atoms with van der Waals surface area (Å²) in [4.78, 5) is 25.4. The van der Waals surface area contributed by atoms with Crippen LogP contribution in [0.5, 0.6) is 0 Å². The van der Waals surface area contributed by atoms with Crippen molar-refractivity contribution in [1.29, 1.82) is 0 Å². The minimum atomic E-state index is -0.472. The summed E-state index contributed by atoms with van der Waals surface area (Å²) in [7, 11) is 0. The third-order valence-electron chi connectivity index (χ3n) is 4.29. The van der Waals surface area contributed by atoms with E-state index in [4.69, 9.17) is 0 Å². The molecular weight excluding hydrogens is 344 g/mol. The van der Waals surface area contributed by atoms with Crippen LogP contribution in [0, 0.1) is 12.3 Å². The second-order valence-corrected chi connectivity index (χ2v) is 9.31. The molecule has 0 fully saturated rings. The second-order valence-electron chi connectivity index (χ2n) is 8.26. The van der Waals surface area contributed by atoms with Crippen molar-refractivity contribution in [3.8, 4) is 0 Å². The Morgan fingerprint density at radius 1 is 1.04 bits per heavy atom. The molecule has 0 saturated heterocycles. The number of hydrogen-bond acceptors (Lipinski definition) is 3. The fraction of sp³-hybridized carbons (Fsp3) is 0.429. The molecule has 0 unspecified atom stereocenters. The zero-order chi connectivity index (χ0) is 19.5. The van der Waals surface area contributed by atoms with Gasteiger partial charge in [0.15, 0.2) is 0 Å². The maximum Gasteiger partial charge on any atom is 0.261 e. The van der Waals surface area contributed by atoms with E-state index < -0.39 is 5.41 Å². The van der Waals surface area contributed by atoms with Crippen molar-refractivity contribution in [2.45, 2.75) is 47.0 Å². The molecule has 1 aromatic carbocycles. The van der Waals surface area contributed by atoms with Gasteiger partial charge in [0.2, 0.25) is 5.91 Å². The Balaban J connectivity index is 2.05. The lowest BCUT2D eigenvalue weighted by Gasteiger charge is -2.25. The molecular formula is C21H28N2O2S. The molecule has 2 amide bonds. The first kappa shape index (κ1) is 20.2. The number of benzene rings is 1. The fourth-order valence-electron chi connectivity index (χ4n) is 2.44. The lowest BCUT2D eigenvalue weighted by molar-refractivity contribution is -0.123. The average Bonchev–Trinajstić information content (AvgIpc) is 2.93. The Morgan fingerprint density at radius 2 is 1.65 bits per heavy atom. The van der Waals surface area contributed by atoms with Gasteiger partial charge in [0.25, 0.3) is 5.91 Å². The van der Waals surface area contributed by atoms with Crippen molar-refractivity contribution >= 4 is 28.2 Å². The number of carbonyl (C=O) groups is 2.